The van der Waals surface area contributed by atoms with E-state index in [9.17, 15) is 9.59 Å². The molecule has 1 rings (SSSR count). The lowest BCUT2D eigenvalue weighted by Gasteiger charge is -2.03. The lowest BCUT2D eigenvalue weighted by Crippen LogP contribution is -2.26. The number of unbranched alkanes of at least 4 members (excludes halogenated alkanes) is 2. The summed E-state index contributed by atoms with van der Waals surface area (Å²) in [4.78, 5) is 22.2. The van der Waals surface area contributed by atoms with E-state index >= 15 is 0 Å². The monoisotopic (exact) mass is 243 g/mol. The second kappa shape index (κ2) is 7.00. The number of H-pyrrole nitrogens is 1. The van der Waals surface area contributed by atoms with Crippen LogP contribution in [0.15, 0.2) is 16.9 Å². The van der Waals surface area contributed by atoms with Crippen LogP contribution in [0, 0.1) is 0 Å². The average molecular weight is 244 g/mol. The second-order valence-electron chi connectivity index (χ2n) is 3.31. The Hall–Kier alpha value is -1.36. The molecule has 0 saturated heterocycles. The van der Waals surface area contributed by atoms with Gasteiger partial charge < -0.3 is 5.32 Å². The van der Waals surface area contributed by atoms with Gasteiger partial charge in [0.25, 0.3) is 11.5 Å². The Morgan fingerprint density at radius 1 is 1.38 bits per heavy atom. The summed E-state index contributed by atoms with van der Waals surface area (Å²) in [6, 6.07) is 2.67. The van der Waals surface area contributed by atoms with Crippen molar-refractivity contribution in [2.24, 2.45) is 0 Å². The maximum atomic E-state index is 11.5. The fraction of sp³-hybridized carbons (Fsp3) is 0.500. The molecular formula is C10H14ClN3O2. The summed E-state index contributed by atoms with van der Waals surface area (Å²) in [7, 11) is 0. The van der Waals surface area contributed by atoms with Crippen molar-refractivity contribution in [1.82, 2.24) is 15.5 Å². The molecule has 0 atom stereocenters. The summed E-state index contributed by atoms with van der Waals surface area (Å²) in [6.45, 7) is 0.594. The maximum Gasteiger partial charge on any atom is 0.271 e. The summed E-state index contributed by atoms with van der Waals surface area (Å²) in [6.07, 6.45) is 2.83. The van der Waals surface area contributed by atoms with Crippen LogP contribution in [0.25, 0.3) is 0 Å². The molecule has 1 heterocycles. The number of hydrogen-bond donors (Lipinski definition) is 2. The highest BCUT2D eigenvalue weighted by Gasteiger charge is 2.05. The van der Waals surface area contributed by atoms with Gasteiger partial charge in [0.05, 0.1) is 0 Å². The van der Waals surface area contributed by atoms with E-state index in [0.717, 1.165) is 19.3 Å². The number of halogens is 1. The van der Waals surface area contributed by atoms with Gasteiger partial charge in [-0.2, -0.15) is 5.10 Å². The number of amides is 1. The van der Waals surface area contributed by atoms with Crippen LogP contribution < -0.4 is 10.9 Å². The Morgan fingerprint density at radius 2 is 2.19 bits per heavy atom. The SMILES string of the molecule is O=C(NCCCCCCl)c1ccc(=O)[nH]n1. The number of rotatable bonds is 6. The molecule has 0 aromatic carbocycles. The number of aromatic nitrogens is 2. The molecule has 0 aliphatic rings. The summed E-state index contributed by atoms with van der Waals surface area (Å²) < 4.78 is 0. The van der Waals surface area contributed by atoms with Crippen LogP contribution in [0.5, 0.6) is 0 Å². The Bertz CT molecular complexity index is 371. The third kappa shape index (κ3) is 4.44. The van der Waals surface area contributed by atoms with Crippen LogP contribution in [0.1, 0.15) is 29.8 Å². The zero-order valence-electron chi connectivity index (χ0n) is 8.83. The zero-order valence-corrected chi connectivity index (χ0v) is 9.59. The number of hydrogen-bond acceptors (Lipinski definition) is 3. The molecule has 2 N–H and O–H groups in total. The van der Waals surface area contributed by atoms with Crippen molar-refractivity contribution in [3.8, 4) is 0 Å². The van der Waals surface area contributed by atoms with E-state index in [0.29, 0.717) is 12.4 Å². The summed E-state index contributed by atoms with van der Waals surface area (Å²) in [5.74, 6) is 0.372. The smallest absolute Gasteiger partial charge is 0.271 e. The molecule has 6 heteroatoms. The van der Waals surface area contributed by atoms with Gasteiger partial charge in [0.15, 0.2) is 0 Å². The molecule has 0 saturated carbocycles. The highest BCUT2D eigenvalue weighted by molar-refractivity contribution is 6.17. The number of nitrogens with one attached hydrogen (secondary N) is 2. The third-order valence-corrected chi connectivity index (χ3v) is 2.27. The van der Waals surface area contributed by atoms with Crippen molar-refractivity contribution in [3.63, 3.8) is 0 Å². The lowest BCUT2D eigenvalue weighted by atomic mass is 10.2. The first-order valence-corrected chi connectivity index (χ1v) is 5.67. The Kier molecular flexibility index (Phi) is 5.56. The number of aromatic amines is 1. The van der Waals surface area contributed by atoms with E-state index < -0.39 is 0 Å². The first kappa shape index (κ1) is 12.7. The minimum absolute atomic E-state index is 0.219. The highest BCUT2D eigenvalue weighted by atomic mass is 35.5. The van der Waals surface area contributed by atoms with Crippen molar-refractivity contribution < 1.29 is 4.79 Å². The lowest BCUT2D eigenvalue weighted by molar-refractivity contribution is 0.0947. The standard InChI is InChI=1S/C10H14ClN3O2/c11-6-2-1-3-7-12-10(16)8-4-5-9(15)14-13-8/h4-5H,1-3,6-7H2,(H,12,16)(H,14,15). The van der Waals surface area contributed by atoms with Crippen LogP contribution in [-0.4, -0.2) is 28.5 Å². The Labute approximate surface area is 98.2 Å². The van der Waals surface area contributed by atoms with Gasteiger partial charge in [-0.1, -0.05) is 6.42 Å². The molecule has 0 aliphatic heterocycles. The number of carbonyl (C=O) groups is 1. The normalized spacial score (nSPS) is 10.1. The van der Waals surface area contributed by atoms with Gasteiger partial charge in [-0.05, 0) is 18.9 Å². The first-order chi connectivity index (χ1) is 7.74. The summed E-state index contributed by atoms with van der Waals surface area (Å²) >= 11 is 5.52. The largest absolute Gasteiger partial charge is 0.351 e. The minimum atomic E-state index is -0.321. The van der Waals surface area contributed by atoms with Crippen molar-refractivity contribution in [2.75, 3.05) is 12.4 Å². The first-order valence-electron chi connectivity index (χ1n) is 5.14. The molecule has 0 spiro atoms. The third-order valence-electron chi connectivity index (χ3n) is 2.01. The zero-order chi connectivity index (χ0) is 11.8. The molecular weight excluding hydrogens is 230 g/mol. The molecule has 16 heavy (non-hydrogen) atoms. The van der Waals surface area contributed by atoms with Crippen LogP contribution in [0.4, 0.5) is 0 Å². The van der Waals surface area contributed by atoms with Gasteiger partial charge in [-0.15, -0.1) is 11.6 Å². The van der Waals surface area contributed by atoms with Crippen LogP contribution in [0.3, 0.4) is 0 Å². The van der Waals surface area contributed by atoms with E-state index in [2.05, 4.69) is 15.5 Å². The van der Waals surface area contributed by atoms with Crippen molar-refractivity contribution in [1.29, 1.82) is 0 Å². The molecule has 1 aromatic heterocycles. The van der Waals surface area contributed by atoms with Crippen molar-refractivity contribution in [3.05, 3.63) is 28.2 Å². The molecule has 0 unspecified atom stereocenters. The van der Waals surface area contributed by atoms with Gasteiger partial charge in [0.2, 0.25) is 0 Å². The molecule has 1 amide bonds. The molecule has 0 radical (unpaired) electrons. The molecule has 1 aromatic rings. The van der Waals surface area contributed by atoms with Crippen molar-refractivity contribution >= 4 is 17.5 Å². The van der Waals surface area contributed by atoms with Crippen LogP contribution >= 0.6 is 11.6 Å². The summed E-state index contributed by atoms with van der Waals surface area (Å²) in [5, 5.41) is 8.54. The van der Waals surface area contributed by atoms with Gasteiger partial charge >= 0.3 is 0 Å². The maximum absolute atomic E-state index is 11.5. The highest BCUT2D eigenvalue weighted by Crippen LogP contribution is 1.96. The predicted molar refractivity (Wildman–Crippen MR) is 61.8 cm³/mol. The molecule has 0 bridgehead atoms. The number of alkyl halides is 1. The van der Waals surface area contributed by atoms with Crippen LogP contribution in [-0.2, 0) is 0 Å². The van der Waals surface area contributed by atoms with Gasteiger partial charge in [0.1, 0.15) is 5.69 Å². The summed E-state index contributed by atoms with van der Waals surface area (Å²) in [5.41, 5.74) is -0.101. The average Bonchev–Trinajstić information content (AvgIpc) is 2.29. The molecule has 5 nitrogen and oxygen atoms in total. The Morgan fingerprint density at radius 3 is 2.81 bits per heavy atom. The van der Waals surface area contributed by atoms with E-state index in [4.69, 9.17) is 11.6 Å². The molecule has 88 valence electrons. The Balaban J connectivity index is 2.30. The predicted octanol–water partition coefficient (Wildman–Crippen LogP) is 0.909. The topological polar surface area (TPSA) is 74.8 Å². The molecule has 0 aliphatic carbocycles. The molecule has 0 fully saturated rings. The second-order valence-corrected chi connectivity index (χ2v) is 3.69. The van der Waals surface area contributed by atoms with Gasteiger partial charge in [-0.3, -0.25) is 9.59 Å². The van der Waals surface area contributed by atoms with E-state index in [-0.39, 0.29) is 17.2 Å². The number of nitrogens with zero attached hydrogens (tertiary/aromatic N) is 1. The minimum Gasteiger partial charge on any atom is -0.351 e. The fourth-order valence-corrected chi connectivity index (χ4v) is 1.35. The fourth-order valence-electron chi connectivity index (χ4n) is 1.16. The van der Waals surface area contributed by atoms with Crippen molar-refractivity contribution in [2.45, 2.75) is 19.3 Å². The number of carbonyl (C=O) groups excluding carboxylic acids is 1. The van der Waals surface area contributed by atoms with Gasteiger partial charge in [-0.25, -0.2) is 5.10 Å². The van der Waals surface area contributed by atoms with E-state index in [1.807, 2.05) is 0 Å². The van der Waals surface area contributed by atoms with Crippen LogP contribution in [0.2, 0.25) is 0 Å². The van der Waals surface area contributed by atoms with Gasteiger partial charge in [0, 0.05) is 18.5 Å². The van der Waals surface area contributed by atoms with E-state index in [1.54, 1.807) is 0 Å². The van der Waals surface area contributed by atoms with E-state index in [1.165, 1.54) is 12.1 Å². The quantitative estimate of drug-likeness (QED) is 0.576.